The Bertz CT molecular complexity index is 647. The topological polar surface area (TPSA) is 66.9 Å². The molecule has 0 bridgehead atoms. The molecule has 5 nitrogen and oxygen atoms in total. The first-order valence-corrected chi connectivity index (χ1v) is 7.71. The fourth-order valence-corrected chi connectivity index (χ4v) is 3.04. The molecule has 1 aliphatic rings. The molecule has 0 radical (unpaired) electrons. The standard InChI is InChI=1S/C15H16N4OS/c1-2-6-17-14-11-4-3-10(8-12(11)19-15(14)20)21-13-5-7-16-9-18-13/h3-5,7-9,14,17H,2,6H2,1H3,(H,19,20). The van der Waals surface area contributed by atoms with Crippen LogP contribution in [0.25, 0.3) is 0 Å². The van der Waals surface area contributed by atoms with Crippen LogP contribution in [-0.4, -0.2) is 22.4 Å². The maximum atomic E-state index is 12.0. The highest BCUT2D eigenvalue weighted by molar-refractivity contribution is 7.99. The third-order valence-electron chi connectivity index (χ3n) is 3.23. The lowest BCUT2D eigenvalue weighted by atomic mass is 10.1. The van der Waals surface area contributed by atoms with E-state index in [1.165, 1.54) is 6.33 Å². The lowest BCUT2D eigenvalue weighted by Crippen LogP contribution is -2.27. The largest absolute Gasteiger partial charge is 0.324 e. The van der Waals surface area contributed by atoms with Gasteiger partial charge in [-0.05, 0) is 31.2 Å². The highest BCUT2D eigenvalue weighted by atomic mass is 32.2. The first kappa shape index (κ1) is 14.0. The number of anilines is 1. The second-order valence-electron chi connectivity index (χ2n) is 4.78. The summed E-state index contributed by atoms with van der Waals surface area (Å²) in [6.07, 6.45) is 4.25. The van der Waals surface area contributed by atoms with E-state index in [1.807, 2.05) is 24.3 Å². The Morgan fingerprint density at radius 3 is 3.05 bits per heavy atom. The molecule has 108 valence electrons. The molecule has 2 aromatic rings. The molecule has 1 aliphatic heterocycles. The van der Waals surface area contributed by atoms with Gasteiger partial charge in [-0.2, -0.15) is 0 Å². The van der Waals surface area contributed by atoms with Crippen molar-refractivity contribution in [1.29, 1.82) is 0 Å². The number of fused-ring (bicyclic) bond motifs is 1. The summed E-state index contributed by atoms with van der Waals surface area (Å²) < 4.78 is 0. The summed E-state index contributed by atoms with van der Waals surface area (Å²) in [7, 11) is 0. The van der Waals surface area contributed by atoms with E-state index in [1.54, 1.807) is 18.0 Å². The number of carbonyl (C=O) groups excluding carboxylic acids is 1. The summed E-state index contributed by atoms with van der Waals surface area (Å²) in [5.74, 6) is 0.0163. The Kier molecular flexibility index (Phi) is 4.17. The monoisotopic (exact) mass is 300 g/mol. The van der Waals surface area contributed by atoms with Crippen LogP contribution < -0.4 is 10.6 Å². The Hall–Kier alpha value is -1.92. The Labute approximate surface area is 127 Å². The second-order valence-corrected chi connectivity index (χ2v) is 5.87. The maximum absolute atomic E-state index is 12.0. The van der Waals surface area contributed by atoms with Crippen molar-refractivity contribution < 1.29 is 4.79 Å². The molecule has 2 heterocycles. The van der Waals surface area contributed by atoms with Crippen LogP contribution in [0.5, 0.6) is 0 Å². The summed E-state index contributed by atoms with van der Waals surface area (Å²) in [5, 5.41) is 7.09. The number of nitrogens with one attached hydrogen (secondary N) is 2. The number of hydrogen-bond donors (Lipinski definition) is 2. The lowest BCUT2D eigenvalue weighted by molar-refractivity contribution is -0.117. The van der Waals surface area contributed by atoms with Crippen molar-refractivity contribution in [2.45, 2.75) is 29.3 Å². The van der Waals surface area contributed by atoms with Gasteiger partial charge >= 0.3 is 0 Å². The normalized spacial score (nSPS) is 16.6. The van der Waals surface area contributed by atoms with Crippen molar-refractivity contribution in [3.63, 3.8) is 0 Å². The van der Waals surface area contributed by atoms with E-state index < -0.39 is 0 Å². The molecule has 3 rings (SSSR count). The molecule has 0 spiro atoms. The molecule has 1 atom stereocenters. The van der Waals surface area contributed by atoms with Gasteiger partial charge in [0.1, 0.15) is 17.4 Å². The SMILES string of the molecule is CCCNC1C(=O)Nc2cc(Sc3ccncn3)ccc21. The summed E-state index contributed by atoms with van der Waals surface area (Å²) in [6.45, 7) is 2.91. The van der Waals surface area contributed by atoms with Crippen LogP contribution >= 0.6 is 11.8 Å². The Morgan fingerprint density at radius 1 is 1.38 bits per heavy atom. The summed E-state index contributed by atoms with van der Waals surface area (Å²) >= 11 is 1.55. The van der Waals surface area contributed by atoms with Crippen LogP contribution in [0.1, 0.15) is 24.9 Å². The zero-order valence-electron chi connectivity index (χ0n) is 11.7. The van der Waals surface area contributed by atoms with Crippen molar-refractivity contribution in [3.05, 3.63) is 42.4 Å². The van der Waals surface area contributed by atoms with E-state index in [0.717, 1.165) is 34.1 Å². The van der Waals surface area contributed by atoms with Crippen LogP contribution in [0.15, 0.2) is 46.7 Å². The van der Waals surface area contributed by atoms with Crippen LogP contribution in [0.4, 0.5) is 5.69 Å². The molecule has 1 aromatic heterocycles. The van der Waals surface area contributed by atoms with E-state index in [-0.39, 0.29) is 11.9 Å². The summed E-state index contributed by atoms with van der Waals surface area (Å²) in [4.78, 5) is 21.1. The lowest BCUT2D eigenvalue weighted by Gasteiger charge is -2.10. The number of hydrogen-bond acceptors (Lipinski definition) is 5. The van der Waals surface area contributed by atoms with Gasteiger partial charge in [0.25, 0.3) is 0 Å². The van der Waals surface area contributed by atoms with E-state index in [0.29, 0.717) is 0 Å². The van der Waals surface area contributed by atoms with Gasteiger partial charge < -0.3 is 10.6 Å². The van der Waals surface area contributed by atoms with E-state index >= 15 is 0 Å². The quantitative estimate of drug-likeness (QED) is 0.831. The second kappa shape index (κ2) is 6.24. The van der Waals surface area contributed by atoms with Crippen LogP contribution in [0, 0.1) is 0 Å². The molecule has 21 heavy (non-hydrogen) atoms. The predicted molar refractivity (Wildman–Crippen MR) is 82.3 cm³/mol. The zero-order valence-corrected chi connectivity index (χ0v) is 12.5. The molecule has 1 amide bonds. The fraction of sp³-hybridized carbons (Fsp3) is 0.267. The molecular formula is C15H16N4OS. The number of rotatable bonds is 5. The minimum absolute atomic E-state index is 0.0163. The highest BCUT2D eigenvalue weighted by Gasteiger charge is 2.29. The average Bonchev–Trinajstić information content (AvgIpc) is 2.81. The summed E-state index contributed by atoms with van der Waals surface area (Å²) in [6, 6.07) is 7.64. The van der Waals surface area contributed by atoms with Gasteiger partial charge in [0.15, 0.2) is 0 Å². The van der Waals surface area contributed by atoms with Crippen molar-refractivity contribution >= 4 is 23.4 Å². The van der Waals surface area contributed by atoms with Crippen molar-refractivity contribution in [1.82, 2.24) is 15.3 Å². The predicted octanol–water partition coefficient (Wildman–Crippen LogP) is 2.62. The molecule has 0 fully saturated rings. The van der Waals surface area contributed by atoms with Gasteiger partial charge in [-0.15, -0.1) is 0 Å². The van der Waals surface area contributed by atoms with Gasteiger partial charge in [-0.3, -0.25) is 4.79 Å². The third-order valence-corrected chi connectivity index (χ3v) is 4.17. The Morgan fingerprint density at radius 2 is 2.29 bits per heavy atom. The van der Waals surface area contributed by atoms with Gasteiger partial charge in [0, 0.05) is 22.3 Å². The third kappa shape index (κ3) is 3.06. The van der Waals surface area contributed by atoms with Crippen molar-refractivity contribution in [2.24, 2.45) is 0 Å². The Balaban J connectivity index is 1.80. The van der Waals surface area contributed by atoms with Crippen LogP contribution in [0.2, 0.25) is 0 Å². The molecule has 0 aliphatic carbocycles. The molecule has 1 unspecified atom stereocenters. The average molecular weight is 300 g/mol. The van der Waals surface area contributed by atoms with Gasteiger partial charge in [0.05, 0.1) is 0 Å². The minimum atomic E-state index is -0.238. The van der Waals surface area contributed by atoms with E-state index in [2.05, 4.69) is 27.5 Å². The highest BCUT2D eigenvalue weighted by Crippen LogP contribution is 2.35. The molecular weight excluding hydrogens is 284 g/mol. The van der Waals surface area contributed by atoms with Gasteiger partial charge in [0.2, 0.25) is 5.91 Å². The van der Waals surface area contributed by atoms with Crippen LogP contribution in [0.3, 0.4) is 0 Å². The van der Waals surface area contributed by atoms with Gasteiger partial charge in [-0.1, -0.05) is 24.8 Å². The van der Waals surface area contributed by atoms with Crippen molar-refractivity contribution in [3.8, 4) is 0 Å². The molecule has 0 saturated heterocycles. The minimum Gasteiger partial charge on any atom is -0.324 e. The molecule has 2 N–H and O–H groups in total. The molecule has 0 saturated carbocycles. The number of amides is 1. The van der Waals surface area contributed by atoms with E-state index in [4.69, 9.17) is 0 Å². The number of aromatic nitrogens is 2. The smallest absolute Gasteiger partial charge is 0.246 e. The first-order chi connectivity index (χ1) is 10.3. The fourth-order valence-electron chi connectivity index (χ4n) is 2.26. The number of carbonyl (C=O) groups is 1. The molecule has 6 heteroatoms. The van der Waals surface area contributed by atoms with Crippen molar-refractivity contribution in [2.75, 3.05) is 11.9 Å². The van der Waals surface area contributed by atoms with Gasteiger partial charge in [-0.25, -0.2) is 9.97 Å². The molecule has 1 aromatic carbocycles. The zero-order chi connectivity index (χ0) is 14.7. The maximum Gasteiger partial charge on any atom is 0.246 e. The first-order valence-electron chi connectivity index (χ1n) is 6.90. The number of benzene rings is 1. The van der Waals surface area contributed by atoms with E-state index in [9.17, 15) is 4.79 Å². The summed E-state index contributed by atoms with van der Waals surface area (Å²) in [5.41, 5.74) is 1.90. The van der Waals surface area contributed by atoms with Crippen LogP contribution in [-0.2, 0) is 4.79 Å². The number of nitrogens with zero attached hydrogens (tertiary/aromatic N) is 2.